The van der Waals surface area contributed by atoms with Gasteiger partial charge in [-0.05, 0) is 67.5 Å². The van der Waals surface area contributed by atoms with Crippen LogP contribution in [-0.4, -0.2) is 35.4 Å². The zero-order chi connectivity index (χ0) is 27.7. The van der Waals surface area contributed by atoms with Crippen LogP contribution < -0.4 is 10.1 Å². The third-order valence-electron chi connectivity index (χ3n) is 6.53. The minimum Gasteiger partial charge on any atom is -0.497 e. The molecule has 1 atom stereocenters. The molecule has 0 fully saturated rings. The number of nitrogens with zero attached hydrogens (tertiary/aromatic N) is 1. The van der Waals surface area contributed by atoms with Crippen LogP contribution in [0.25, 0.3) is 0 Å². The molecule has 5 nitrogen and oxygen atoms in total. The Kier molecular flexibility index (Phi) is 10.1. The third-order valence-corrected chi connectivity index (χ3v) is 6.53. The standard InChI is InChI=1S/C33H42N2O3/c1-24(2)28-18-15-25(16-19-28)17-20-31(36)35(23-27-13-10-14-29(21-27)38-6)30(32(37)34-33(3,4)5)22-26-11-8-7-9-12-26/h7-16,18-19,21,24,30H,17,20,22-23H2,1-6H3,(H,34,37)/t30-/m0/s1. The summed E-state index contributed by atoms with van der Waals surface area (Å²) >= 11 is 0. The Morgan fingerprint density at radius 1 is 0.868 bits per heavy atom. The highest BCUT2D eigenvalue weighted by Gasteiger charge is 2.32. The molecule has 0 aliphatic heterocycles. The van der Waals surface area contributed by atoms with Crippen LogP contribution in [0.2, 0.25) is 0 Å². The molecule has 2 amide bonds. The van der Waals surface area contributed by atoms with Crippen molar-refractivity contribution in [3.05, 3.63) is 101 Å². The second kappa shape index (κ2) is 13.3. The minimum absolute atomic E-state index is 0.0502. The number of amides is 2. The van der Waals surface area contributed by atoms with E-state index in [0.29, 0.717) is 31.7 Å². The maximum atomic E-state index is 13.9. The van der Waals surface area contributed by atoms with E-state index in [1.807, 2.05) is 75.4 Å². The van der Waals surface area contributed by atoms with E-state index in [1.54, 1.807) is 12.0 Å². The number of aryl methyl sites for hydroxylation is 1. The molecule has 0 saturated heterocycles. The molecule has 0 heterocycles. The summed E-state index contributed by atoms with van der Waals surface area (Å²) in [4.78, 5) is 29.3. The highest BCUT2D eigenvalue weighted by atomic mass is 16.5. The van der Waals surface area contributed by atoms with Crippen LogP contribution in [0.1, 0.15) is 69.2 Å². The Bertz CT molecular complexity index is 1180. The number of benzene rings is 3. The van der Waals surface area contributed by atoms with Crippen LogP contribution in [0, 0.1) is 0 Å². The summed E-state index contributed by atoms with van der Waals surface area (Å²) in [6, 6.07) is 25.4. The Morgan fingerprint density at radius 2 is 1.53 bits per heavy atom. The molecule has 3 aromatic rings. The predicted molar refractivity (Wildman–Crippen MR) is 154 cm³/mol. The van der Waals surface area contributed by atoms with Crippen molar-refractivity contribution >= 4 is 11.8 Å². The lowest BCUT2D eigenvalue weighted by atomic mass is 9.98. The van der Waals surface area contributed by atoms with Crippen molar-refractivity contribution in [3.63, 3.8) is 0 Å². The second-order valence-electron chi connectivity index (χ2n) is 11.2. The first-order chi connectivity index (χ1) is 18.1. The van der Waals surface area contributed by atoms with E-state index in [0.717, 1.165) is 22.4 Å². The number of nitrogens with one attached hydrogen (secondary N) is 1. The number of carbonyl (C=O) groups excluding carboxylic acids is 2. The Morgan fingerprint density at radius 3 is 2.13 bits per heavy atom. The van der Waals surface area contributed by atoms with Gasteiger partial charge in [-0.2, -0.15) is 0 Å². The number of rotatable bonds is 11. The summed E-state index contributed by atoms with van der Waals surface area (Å²) in [5, 5.41) is 3.12. The average molecular weight is 515 g/mol. The van der Waals surface area contributed by atoms with Crippen LogP contribution in [0.5, 0.6) is 5.75 Å². The molecule has 0 aliphatic carbocycles. The quantitative estimate of drug-likeness (QED) is 0.326. The number of ether oxygens (including phenoxy) is 1. The summed E-state index contributed by atoms with van der Waals surface area (Å²) in [6.45, 7) is 10.5. The normalized spacial score (nSPS) is 12.2. The first-order valence-electron chi connectivity index (χ1n) is 13.4. The van der Waals surface area contributed by atoms with Gasteiger partial charge in [0.1, 0.15) is 11.8 Å². The van der Waals surface area contributed by atoms with Gasteiger partial charge in [-0.1, -0.05) is 80.6 Å². The molecule has 0 aromatic heterocycles. The van der Waals surface area contributed by atoms with Crippen molar-refractivity contribution in [2.75, 3.05) is 7.11 Å². The van der Waals surface area contributed by atoms with Crippen LogP contribution >= 0.6 is 0 Å². The van der Waals surface area contributed by atoms with Crippen molar-refractivity contribution < 1.29 is 14.3 Å². The minimum atomic E-state index is -0.654. The summed E-state index contributed by atoms with van der Waals surface area (Å²) < 4.78 is 5.42. The summed E-state index contributed by atoms with van der Waals surface area (Å²) in [7, 11) is 1.63. The van der Waals surface area contributed by atoms with E-state index < -0.39 is 11.6 Å². The SMILES string of the molecule is COc1cccc(CN(C(=O)CCc2ccc(C(C)C)cc2)[C@@H](Cc2ccccc2)C(=O)NC(C)(C)C)c1. The van der Waals surface area contributed by atoms with Gasteiger partial charge in [-0.3, -0.25) is 9.59 Å². The molecule has 3 rings (SSSR count). The number of hydrogen-bond donors (Lipinski definition) is 1. The highest BCUT2D eigenvalue weighted by Crippen LogP contribution is 2.21. The van der Waals surface area contributed by atoms with Gasteiger partial charge in [0.25, 0.3) is 0 Å². The fourth-order valence-corrected chi connectivity index (χ4v) is 4.44. The molecule has 0 unspecified atom stereocenters. The van der Waals surface area contributed by atoms with Gasteiger partial charge in [0.2, 0.25) is 11.8 Å². The maximum absolute atomic E-state index is 13.9. The van der Waals surface area contributed by atoms with E-state index in [1.165, 1.54) is 5.56 Å². The Labute approximate surface area is 228 Å². The Hall–Kier alpha value is -3.60. The first-order valence-corrected chi connectivity index (χ1v) is 13.4. The monoisotopic (exact) mass is 514 g/mol. The molecule has 0 saturated carbocycles. The smallest absolute Gasteiger partial charge is 0.243 e. The molecule has 38 heavy (non-hydrogen) atoms. The van der Waals surface area contributed by atoms with Crippen molar-refractivity contribution in [1.29, 1.82) is 0 Å². The lowest BCUT2D eigenvalue weighted by Crippen LogP contribution is -2.54. The average Bonchev–Trinajstić information content (AvgIpc) is 2.89. The van der Waals surface area contributed by atoms with E-state index in [2.05, 4.69) is 43.4 Å². The van der Waals surface area contributed by atoms with Gasteiger partial charge < -0.3 is 15.0 Å². The molecule has 0 radical (unpaired) electrons. The number of methoxy groups -OCH3 is 1. The summed E-state index contributed by atoms with van der Waals surface area (Å²) in [6.07, 6.45) is 1.37. The first kappa shape index (κ1) is 29.0. The molecule has 0 spiro atoms. The molecule has 1 N–H and O–H groups in total. The van der Waals surface area contributed by atoms with E-state index in [-0.39, 0.29) is 11.8 Å². The van der Waals surface area contributed by atoms with E-state index in [9.17, 15) is 9.59 Å². The van der Waals surface area contributed by atoms with Crippen LogP contribution in [0.15, 0.2) is 78.9 Å². The molecule has 3 aromatic carbocycles. The fraction of sp³-hybridized carbons (Fsp3) is 0.394. The van der Waals surface area contributed by atoms with Crippen LogP contribution in [0.3, 0.4) is 0 Å². The molecule has 0 aliphatic rings. The van der Waals surface area contributed by atoms with Gasteiger partial charge in [-0.25, -0.2) is 0 Å². The van der Waals surface area contributed by atoms with Gasteiger partial charge in [-0.15, -0.1) is 0 Å². The highest BCUT2D eigenvalue weighted by molar-refractivity contribution is 5.88. The van der Waals surface area contributed by atoms with Gasteiger partial charge >= 0.3 is 0 Å². The lowest BCUT2D eigenvalue weighted by Gasteiger charge is -2.34. The van der Waals surface area contributed by atoms with Crippen LogP contribution in [0.4, 0.5) is 0 Å². The molecule has 0 bridgehead atoms. The van der Waals surface area contributed by atoms with E-state index in [4.69, 9.17) is 4.74 Å². The zero-order valence-corrected chi connectivity index (χ0v) is 23.7. The zero-order valence-electron chi connectivity index (χ0n) is 23.7. The largest absolute Gasteiger partial charge is 0.497 e. The maximum Gasteiger partial charge on any atom is 0.243 e. The fourth-order valence-electron chi connectivity index (χ4n) is 4.44. The van der Waals surface area contributed by atoms with E-state index >= 15 is 0 Å². The van der Waals surface area contributed by atoms with Gasteiger partial charge in [0.15, 0.2) is 0 Å². The van der Waals surface area contributed by atoms with Gasteiger partial charge in [0.05, 0.1) is 7.11 Å². The van der Waals surface area contributed by atoms with Crippen molar-refractivity contribution in [1.82, 2.24) is 10.2 Å². The van der Waals surface area contributed by atoms with Gasteiger partial charge in [0, 0.05) is 24.9 Å². The topological polar surface area (TPSA) is 58.6 Å². The molecular weight excluding hydrogens is 472 g/mol. The van der Waals surface area contributed by atoms with Crippen LogP contribution in [-0.2, 0) is 29.0 Å². The molecule has 5 heteroatoms. The van der Waals surface area contributed by atoms with Crippen molar-refractivity contribution in [3.8, 4) is 5.75 Å². The van der Waals surface area contributed by atoms with Crippen molar-refractivity contribution in [2.45, 2.75) is 77.9 Å². The summed E-state index contributed by atoms with van der Waals surface area (Å²) in [5.74, 6) is 0.979. The second-order valence-corrected chi connectivity index (χ2v) is 11.2. The van der Waals surface area contributed by atoms with Crippen molar-refractivity contribution in [2.24, 2.45) is 0 Å². The lowest BCUT2D eigenvalue weighted by molar-refractivity contribution is -0.141. The third kappa shape index (κ3) is 8.76. The predicted octanol–water partition coefficient (Wildman–Crippen LogP) is 6.31. The molecular formula is C33H42N2O3. The Balaban J connectivity index is 1.92. The number of carbonyl (C=O) groups is 2. The summed E-state index contributed by atoms with van der Waals surface area (Å²) in [5.41, 5.74) is 3.90. The molecule has 202 valence electrons. The number of hydrogen-bond acceptors (Lipinski definition) is 3.